The summed E-state index contributed by atoms with van der Waals surface area (Å²) in [5.41, 5.74) is 3.62. The highest BCUT2D eigenvalue weighted by atomic mass is 16.5. The topological polar surface area (TPSA) is 91.3 Å². The van der Waals surface area contributed by atoms with E-state index in [-0.39, 0.29) is 24.5 Å². The highest BCUT2D eigenvalue weighted by Crippen LogP contribution is 2.37. The van der Waals surface area contributed by atoms with Gasteiger partial charge in [-0.25, -0.2) is 9.80 Å². The van der Waals surface area contributed by atoms with Gasteiger partial charge in [0.15, 0.2) is 6.61 Å². The molecule has 2 aromatic rings. The summed E-state index contributed by atoms with van der Waals surface area (Å²) in [6.07, 6.45) is 2.46. The quantitative estimate of drug-likeness (QED) is 0.770. The SMILES string of the molecule is O=C(OCC(=O)N1CCC(c2ccccc2)=N1)c1ccc2c(c1)NC(=O)[C@@H]1CCCN21. The first kappa shape index (κ1) is 19.3. The molecule has 1 N–H and O–H groups in total. The van der Waals surface area contributed by atoms with Crippen LogP contribution >= 0.6 is 0 Å². The average molecular weight is 418 g/mol. The Hall–Kier alpha value is -3.68. The molecule has 2 aromatic carbocycles. The number of nitrogens with one attached hydrogen (secondary N) is 1. The molecular formula is C23H22N4O4. The van der Waals surface area contributed by atoms with Crippen molar-refractivity contribution in [2.45, 2.75) is 25.3 Å². The zero-order valence-corrected chi connectivity index (χ0v) is 16.9. The largest absolute Gasteiger partial charge is 0.452 e. The van der Waals surface area contributed by atoms with E-state index in [1.807, 2.05) is 36.4 Å². The normalized spacial score (nSPS) is 19.4. The molecule has 1 atom stereocenters. The van der Waals surface area contributed by atoms with Gasteiger partial charge in [0, 0.05) is 13.0 Å². The second-order valence-corrected chi connectivity index (χ2v) is 7.83. The van der Waals surface area contributed by atoms with Crippen molar-refractivity contribution in [3.05, 3.63) is 59.7 Å². The third-order valence-corrected chi connectivity index (χ3v) is 5.88. The van der Waals surface area contributed by atoms with Gasteiger partial charge >= 0.3 is 5.97 Å². The Morgan fingerprint density at radius 1 is 1.13 bits per heavy atom. The zero-order valence-electron chi connectivity index (χ0n) is 16.9. The molecule has 0 radical (unpaired) electrons. The lowest BCUT2D eigenvalue weighted by molar-refractivity contribution is -0.134. The summed E-state index contributed by atoms with van der Waals surface area (Å²) < 4.78 is 5.22. The lowest BCUT2D eigenvalue weighted by Gasteiger charge is -2.33. The molecular weight excluding hydrogens is 396 g/mol. The number of ether oxygens (including phenoxy) is 1. The molecule has 3 heterocycles. The smallest absolute Gasteiger partial charge is 0.338 e. The van der Waals surface area contributed by atoms with Crippen molar-refractivity contribution in [3.63, 3.8) is 0 Å². The van der Waals surface area contributed by atoms with E-state index in [9.17, 15) is 14.4 Å². The zero-order chi connectivity index (χ0) is 21.4. The van der Waals surface area contributed by atoms with Crippen molar-refractivity contribution in [1.82, 2.24) is 5.01 Å². The first-order valence-corrected chi connectivity index (χ1v) is 10.4. The van der Waals surface area contributed by atoms with Crippen LogP contribution in [0.25, 0.3) is 0 Å². The van der Waals surface area contributed by atoms with Crippen LogP contribution in [-0.2, 0) is 14.3 Å². The molecule has 158 valence electrons. The van der Waals surface area contributed by atoms with Gasteiger partial charge in [0.25, 0.3) is 5.91 Å². The van der Waals surface area contributed by atoms with Gasteiger partial charge in [-0.2, -0.15) is 5.10 Å². The number of benzene rings is 2. The first-order valence-electron chi connectivity index (χ1n) is 10.4. The molecule has 1 saturated heterocycles. The van der Waals surface area contributed by atoms with Gasteiger partial charge in [0.1, 0.15) is 6.04 Å². The van der Waals surface area contributed by atoms with Crippen LogP contribution in [0.3, 0.4) is 0 Å². The Balaban J connectivity index is 1.22. The van der Waals surface area contributed by atoms with Crippen molar-refractivity contribution < 1.29 is 19.1 Å². The summed E-state index contributed by atoms with van der Waals surface area (Å²) in [6, 6.07) is 14.6. The van der Waals surface area contributed by atoms with Crippen molar-refractivity contribution in [3.8, 4) is 0 Å². The maximum atomic E-state index is 12.5. The fourth-order valence-corrected chi connectivity index (χ4v) is 4.31. The van der Waals surface area contributed by atoms with Crippen LogP contribution in [0.5, 0.6) is 0 Å². The highest BCUT2D eigenvalue weighted by Gasteiger charge is 2.36. The van der Waals surface area contributed by atoms with E-state index >= 15 is 0 Å². The number of carbonyl (C=O) groups excluding carboxylic acids is 3. The molecule has 0 aliphatic carbocycles. The van der Waals surface area contributed by atoms with E-state index in [1.54, 1.807) is 12.1 Å². The standard InChI is InChI=1S/C23H22N4O4/c28-21(27-12-10-17(25-27)15-5-2-1-3-6-15)14-31-23(30)16-8-9-19-18(13-16)24-22(29)20-7-4-11-26(19)20/h1-3,5-6,8-9,13,20H,4,7,10-12,14H2,(H,24,29)/t20-/m0/s1. The summed E-state index contributed by atoms with van der Waals surface area (Å²) >= 11 is 0. The van der Waals surface area contributed by atoms with Crippen LogP contribution < -0.4 is 10.2 Å². The number of rotatable bonds is 4. The predicted molar refractivity (Wildman–Crippen MR) is 115 cm³/mol. The summed E-state index contributed by atoms with van der Waals surface area (Å²) in [5, 5.41) is 8.58. The monoisotopic (exact) mass is 418 g/mol. The number of amides is 2. The highest BCUT2D eigenvalue weighted by molar-refractivity contribution is 6.06. The summed E-state index contributed by atoms with van der Waals surface area (Å²) in [6.45, 7) is 0.898. The number of carbonyl (C=O) groups is 3. The molecule has 5 rings (SSSR count). The Kier molecular flexibility index (Phi) is 4.89. The van der Waals surface area contributed by atoms with Crippen LogP contribution in [-0.4, -0.2) is 54.2 Å². The second-order valence-electron chi connectivity index (χ2n) is 7.83. The van der Waals surface area contributed by atoms with E-state index in [1.165, 1.54) is 5.01 Å². The lowest BCUT2D eigenvalue weighted by atomic mass is 10.1. The molecule has 0 bridgehead atoms. The maximum absolute atomic E-state index is 12.5. The molecule has 0 aromatic heterocycles. The number of hydrazone groups is 1. The number of esters is 1. The summed E-state index contributed by atoms with van der Waals surface area (Å²) in [4.78, 5) is 39.3. The van der Waals surface area contributed by atoms with Crippen LogP contribution in [0.2, 0.25) is 0 Å². The van der Waals surface area contributed by atoms with Crippen molar-refractivity contribution in [1.29, 1.82) is 0 Å². The van der Waals surface area contributed by atoms with Crippen LogP contribution in [0.1, 0.15) is 35.2 Å². The molecule has 2 amide bonds. The molecule has 0 unspecified atom stereocenters. The first-order chi connectivity index (χ1) is 15.1. The van der Waals surface area contributed by atoms with Gasteiger partial charge in [0.05, 0.1) is 29.2 Å². The third kappa shape index (κ3) is 3.65. The molecule has 0 spiro atoms. The van der Waals surface area contributed by atoms with E-state index in [0.717, 1.165) is 36.3 Å². The lowest BCUT2D eigenvalue weighted by Crippen LogP contribution is -2.43. The van der Waals surface area contributed by atoms with E-state index in [0.29, 0.717) is 24.2 Å². The summed E-state index contributed by atoms with van der Waals surface area (Å²) in [7, 11) is 0. The molecule has 1 fully saturated rings. The minimum absolute atomic E-state index is 0.0492. The van der Waals surface area contributed by atoms with Gasteiger partial charge in [-0.05, 0) is 36.6 Å². The minimum Gasteiger partial charge on any atom is -0.452 e. The Bertz CT molecular complexity index is 1080. The van der Waals surface area contributed by atoms with Crippen LogP contribution in [0.15, 0.2) is 53.6 Å². The number of hydrogen-bond acceptors (Lipinski definition) is 6. The van der Waals surface area contributed by atoms with Gasteiger partial charge in [-0.1, -0.05) is 30.3 Å². The average Bonchev–Trinajstić information content (AvgIpc) is 3.48. The van der Waals surface area contributed by atoms with Gasteiger partial charge in [-0.15, -0.1) is 0 Å². The fraction of sp³-hybridized carbons (Fsp3) is 0.304. The predicted octanol–water partition coefficient (Wildman–Crippen LogP) is 2.40. The number of fused-ring (bicyclic) bond motifs is 3. The Morgan fingerprint density at radius 3 is 2.81 bits per heavy atom. The van der Waals surface area contributed by atoms with Gasteiger partial charge < -0.3 is 15.0 Å². The molecule has 8 nitrogen and oxygen atoms in total. The van der Waals surface area contributed by atoms with Gasteiger partial charge in [0.2, 0.25) is 5.91 Å². The van der Waals surface area contributed by atoms with Crippen molar-refractivity contribution >= 4 is 34.9 Å². The van der Waals surface area contributed by atoms with E-state index in [4.69, 9.17) is 4.74 Å². The number of anilines is 2. The molecule has 3 aliphatic heterocycles. The Morgan fingerprint density at radius 2 is 1.97 bits per heavy atom. The number of nitrogens with zero attached hydrogens (tertiary/aromatic N) is 3. The van der Waals surface area contributed by atoms with Crippen molar-refractivity contribution in [2.75, 3.05) is 29.9 Å². The number of hydrogen-bond donors (Lipinski definition) is 1. The fourth-order valence-electron chi connectivity index (χ4n) is 4.31. The molecule has 31 heavy (non-hydrogen) atoms. The van der Waals surface area contributed by atoms with E-state index < -0.39 is 5.97 Å². The van der Waals surface area contributed by atoms with Crippen LogP contribution in [0.4, 0.5) is 11.4 Å². The van der Waals surface area contributed by atoms with E-state index in [2.05, 4.69) is 15.3 Å². The third-order valence-electron chi connectivity index (χ3n) is 5.88. The Labute approximate surface area is 179 Å². The van der Waals surface area contributed by atoms with Crippen molar-refractivity contribution in [2.24, 2.45) is 5.10 Å². The molecule has 3 aliphatic rings. The maximum Gasteiger partial charge on any atom is 0.338 e. The second kappa shape index (κ2) is 7.86. The molecule has 0 saturated carbocycles. The van der Waals surface area contributed by atoms with Crippen LogP contribution in [0, 0.1) is 0 Å². The minimum atomic E-state index is -0.611. The van der Waals surface area contributed by atoms with Gasteiger partial charge in [-0.3, -0.25) is 9.59 Å². The summed E-state index contributed by atoms with van der Waals surface area (Å²) in [5.74, 6) is -1.03. The molecule has 8 heteroatoms.